The highest BCUT2D eigenvalue weighted by molar-refractivity contribution is 5.91. The highest BCUT2D eigenvalue weighted by Gasteiger charge is 2.17. The van der Waals surface area contributed by atoms with E-state index < -0.39 is 0 Å². The predicted molar refractivity (Wildman–Crippen MR) is 100 cm³/mol. The molecule has 1 aromatic carbocycles. The molecule has 7 nitrogen and oxygen atoms in total. The molecule has 0 saturated carbocycles. The normalized spacial score (nSPS) is 13.2. The van der Waals surface area contributed by atoms with Gasteiger partial charge in [0.05, 0.1) is 19.3 Å². The van der Waals surface area contributed by atoms with Gasteiger partial charge in [-0.25, -0.2) is 19.0 Å². The second kappa shape index (κ2) is 7.84. The molecule has 0 spiro atoms. The van der Waals surface area contributed by atoms with Gasteiger partial charge in [0.25, 0.3) is 5.91 Å². The van der Waals surface area contributed by atoms with Crippen molar-refractivity contribution in [3.8, 4) is 0 Å². The van der Waals surface area contributed by atoms with Gasteiger partial charge in [0, 0.05) is 17.0 Å². The standard InChI is InChI=1S/C20H21FN6O/c1-13-15-7-3-5-9-17(15)24-19(23-13)10-22-20(28)18-12-27(26-25-18)11-14-6-2-4-8-16(14)21/h2,4,6,8,12H,3,5,7,9-11H2,1H3,(H,22,28). The molecule has 0 atom stereocenters. The van der Waals surface area contributed by atoms with Crippen LogP contribution in [0.3, 0.4) is 0 Å². The summed E-state index contributed by atoms with van der Waals surface area (Å²) in [6.07, 6.45) is 5.81. The van der Waals surface area contributed by atoms with Crippen LogP contribution >= 0.6 is 0 Å². The topological polar surface area (TPSA) is 85.6 Å². The second-order valence-corrected chi connectivity index (χ2v) is 6.93. The maximum atomic E-state index is 13.7. The number of fused-ring (bicyclic) bond motifs is 1. The van der Waals surface area contributed by atoms with Gasteiger partial charge in [-0.05, 0) is 44.2 Å². The fraction of sp³-hybridized carbons (Fsp3) is 0.350. The molecule has 1 aliphatic carbocycles. The van der Waals surface area contributed by atoms with Crippen LogP contribution in [0, 0.1) is 12.7 Å². The Balaban J connectivity index is 1.40. The lowest BCUT2D eigenvalue weighted by molar-refractivity contribution is 0.0944. The second-order valence-electron chi connectivity index (χ2n) is 6.93. The van der Waals surface area contributed by atoms with E-state index in [0.29, 0.717) is 11.4 Å². The van der Waals surface area contributed by atoms with E-state index >= 15 is 0 Å². The monoisotopic (exact) mass is 380 g/mol. The van der Waals surface area contributed by atoms with E-state index in [1.807, 2.05) is 6.92 Å². The van der Waals surface area contributed by atoms with E-state index in [-0.39, 0.29) is 30.5 Å². The third kappa shape index (κ3) is 3.90. The zero-order valence-corrected chi connectivity index (χ0v) is 15.7. The smallest absolute Gasteiger partial charge is 0.273 e. The van der Waals surface area contributed by atoms with Gasteiger partial charge in [0.15, 0.2) is 5.69 Å². The molecule has 8 heteroatoms. The molecule has 0 fully saturated rings. The Labute approximate surface area is 162 Å². The Morgan fingerprint density at radius 1 is 1.21 bits per heavy atom. The molecular formula is C20H21FN6O. The Bertz CT molecular complexity index is 1020. The van der Waals surface area contributed by atoms with Crippen LogP contribution in [0.1, 0.15) is 51.7 Å². The molecule has 0 saturated heterocycles. The van der Waals surface area contributed by atoms with Gasteiger partial charge in [-0.1, -0.05) is 23.4 Å². The highest BCUT2D eigenvalue weighted by atomic mass is 19.1. The number of carbonyl (C=O) groups excluding carboxylic acids is 1. The lowest BCUT2D eigenvalue weighted by Crippen LogP contribution is -2.25. The summed E-state index contributed by atoms with van der Waals surface area (Å²) in [5, 5.41) is 10.6. The first-order valence-corrected chi connectivity index (χ1v) is 9.37. The number of benzene rings is 1. The zero-order valence-electron chi connectivity index (χ0n) is 15.7. The average Bonchev–Trinajstić information content (AvgIpc) is 3.17. The predicted octanol–water partition coefficient (Wildman–Crippen LogP) is 2.37. The molecule has 144 valence electrons. The molecule has 2 aromatic heterocycles. The van der Waals surface area contributed by atoms with Crippen molar-refractivity contribution in [1.29, 1.82) is 0 Å². The number of hydrogen-bond acceptors (Lipinski definition) is 5. The van der Waals surface area contributed by atoms with Crippen LogP contribution in [-0.4, -0.2) is 30.9 Å². The van der Waals surface area contributed by atoms with Crippen LogP contribution in [0.2, 0.25) is 0 Å². The summed E-state index contributed by atoms with van der Waals surface area (Å²) in [6, 6.07) is 6.44. The van der Waals surface area contributed by atoms with Crippen molar-refractivity contribution in [1.82, 2.24) is 30.3 Å². The van der Waals surface area contributed by atoms with Crippen molar-refractivity contribution >= 4 is 5.91 Å². The van der Waals surface area contributed by atoms with Crippen LogP contribution < -0.4 is 5.32 Å². The van der Waals surface area contributed by atoms with Gasteiger partial charge in [-0.15, -0.1) is 5.10 Å². The summed E-state index contributed by atoms with van der Waals surface area (Å²) in [5.41, 5.74) is 3.99. The SMILES string of the molecule is Cc1nc(CNC(=O)c2cn(Cc3ccccc3F)nn2)nc2c1CCCC2. The molecule has 0 radical (unpaired) electrons. The minimum Gasteiger partial charge on any atom is -0.343 e. The molecule has 0 unspecified atom stereocenters. The van der Waals surface area contributed by atoms with Crippen molar-refractivity contribution in [3.63, 3.8) is 0 Å². The number of hydrogen-bond donors (Lipinski definition) is 1. The first kappa shape index (κ1) is 18.2. The third-order valence-corrected chi connectivity index (χ3v) is 4.90. The van der Waals surface area contributed by atoms with Gasteiger partial charge >= 0.3 is 0 Å². The van der Waals surface area contributed by atoms with Crippen molar-refractivity contribution in [2.75, 3.05) is 0 Å². The Hall–Kier alpha value is -3.16. The lowest BCUT2D eigenvalue weighted by Gasteiger charge is -2.17. The van der Waals surface area contributed by atoms with Crippen molar-refractivity contribution in [2.45, 2.75) is 45.7 Å². The molecular weight excluding hydrogens is 359 g/mol. The number of nitrogens with zero attached hydrogens (tertiary/aromatic N) is 5. The number of rotatable bonds is 5. The number of carbonyl (C=O) groups is 1. The summed E-state index contributed by atoms with van der Waals surface area (Å²) >= 11 is 0. The fourth-order valence-corrected chi connectivity index (χ4v) is 3.45. The molecule has 0 bridgehead atoms. The van der Waals surface area contributed by atoms with E-state index in [2.05, 4.69) is 25.6 Å². The Kier molecular flexibility index (Phi) is 5.10. The van der Waals surface area contributed by atoms with Crippen LogP contribution in [-0.2, 0) is 25.9 Å². The molecule has 0 aliphatic heterocycles. The lowest BCUT2D eigenvalue weighted by atomic mass is 9.95. The van der Waals surface area contributed by atoms with Crippen LogP contribution in [0.25, 0.3) is 0 Å². The average molecular weight is 380 g/mol. The van der Waals surface area contributed by atoms with E-state index in [0.717, 1.165) is 30.7 Å². The summed E-state index contributed by atoms with van der Waals surface area (Å²) in [7, 11) is 0. The van der Waals surface area contributed by atoms with E-state index in [9.17, 15) is 9.18 Å². The molecule has 28 heavy (non-hydrogen) atoms. The van der Waals surface area contributed by atoms with Crippen molar-refractivity contribution < 1.29 is 9.18 Å². The minimum atomic E-state index is -0.362. The summed E-state index contributed by atoms with van der Waals surface area (Å²) in [4.78, 5) is 21.5. The van der Waals surface area contributed by atoms with Gasteiger partial charge < -0.3 is 5.32 Å². The minimum absolute atomic E-state index is 0.172. The van der Waals surface area contributed by atoms with Crippen molar-refractivity contribution in [2.24, 2.45) is 0 Å². The van der Waals surface area contributed by atoms with Gasteiger partial charge in [-0.3, -0.25) is 4.79 Å². The number of nitrogens with one attached hydrogen (secondary N) is 1. The number of halogens is 1. The first-order chi connectivity index (χ1) is 13.6. The summed E-state index contributed by atoms with van der Waals surface area (Å²) < 4.78 is 15.2. The quantitative estimate of drug-likeness (QED) is 0.734. The number of amides is 1. The Morgan fingerprint density at radius 2 is 2.04 bits per heavy atom. The largest absolute Gasteiger partial charge is 0.343 e. The fourth-order valence-electron chi connectivity index (χ4n) is 3.45. The molecule has 4 rings (SSSR count). The summed E-state index contributed by atoms with van der Waals surface area (Å²) in [6.45, 7) is 2.43. The maximum absolute atomic E-state index is 13.7. The van der Waals surface area contributed by atoms with Gasteiger partial charge in [-0.2, -0.15) is 0 Å². The van der Waals surface area contributed by atoms with Crippen molar-refractivity contribution in [3.05, 3.63) is 70.3 Å². The molecule has 3 aromatic rings. The summed E-state index contributed by atoms with van der Waals surface area (Å²) in [5.74, 6) is -0.0760. The number of aryl methyl sites for hydroxylation is 2. The van der Waals surface area contributed by atoms with Gasteiger partial charge in [0.1, 0.15) is 11.6 Å². The first-order valence-electron chi connectivity index (χ1n) is 9.37. The zero-order chi connectivity index (χ0) is 19.5. The van der Waals surface area contributed by atoms with E-state index in [1.165, 1.54) is 28.9 Å². The molecule has 1 amide bonds. The highest BCUT2D eigenvalue weighted by Crippen LogP contribution is 2.21. The van der Waals surface area contributed by atoms with E-state index in [1.54, 1.807) is 18.2 Å². The van der Waals surface area contributed by atoms with Crippen LogP contribution in [0.4, 0.5) is 4.39 Å². The number of aromatic nitrogens is 5. The van der Waals surface area contributed by atoms with Crippen LogP contribution in [0.15, 0.2) is 30.5 Å². The van der Waals surface area contributed by atoms with Crippen LogP contribution in [0.5, 0.6) is 0 Å². The third-order valence-electron chi connectivity index (χ3n) is 4.90. The molecule has 1 aliphatic rings. The molecule has 2 heterocycles. The van der Waals surface area contributed by atoms with E-state index in [4.69, 9.17) is 0 Å². The molecule has 1 N–H and O–H groups in total. The van der Waals surface area contributed by atoms with Gasteiger partial charge in [0.2, 0.25) is 0 Å². The Morgan fingerprint density at radius 3 is 2.89 bits per heavy atom. The maximum Gasteiger partial charge on any atom is 0.273 e.